The van der Waals surface area contributed by atoms with E-state index in [1.165, 1.54) is 59.6 Å². The first-order valence-corrected chi connectivity index (χ1v) is 11.6. The molecule has 4 rings (SSSR count). The van der Waals surface area contributed by atoms with Crippen LogP contribution in [0.1, 0.15) is 56.4 Å². The predicted molar refractivity (Wildman–Crippen MR) is 117 cm³/mol. The van der Waals surface area contributed by atoms with E-state index in [0.717, 1.165) is 5.92 Å². The first kappa shape index (κ1) is 18.4. The molecule has 1 saturated carbocycles. The fraction of sp³-hybridized carbons (Fsp3) is 0.308. The molecule has 1 heteroatoms. The molecule has 0 nitrogen and oxygen atoms in total. The molecular formula is C26H29S+. The molecular weight excluding hydrogens is 344 g/mol. The van der Waals surface area contributed by atoms with Crippen molar-refractivity contribution in [1.82, 2.24) is 0 Å². The van der Waals surface area contributed by atoms with Crippen LogP contribution in [-0.2, 0) is 10.9 Å². The van der Waals surface area contributed by atoms with Crippen LogP contribution >= 0.6 is 0 Å². The van der Waals surface area contributed by atoms with Crippen molar-refractivity contribution in [3.63, 3.8) is 0 Å². The number of hydrogen-bond acceptors (Lipinski definition) is 0. The molecule has 3 aromatic carbocycles. The Bertz CT molecular complexity index is 760. The molecule has 1 aliphatic carbocycles. The minimum absolute atomic E-state index is 0.0340. The van der Waals surface area contributed by atoms with Gasteiger partial charge < -0.3 is 0 Å². The van der Waals surface area contributed by atoms with E-state index in [1.807, 2.05) is 0 Å². The van der Waals surface area contributed by atoms with Gasteiger partial charge in [-0.3, -0.25) is 0 Å². The van der Waals surface area contributed by atoms with Crippen LogP contribution in [0.15, 0.2) is 99.6 Å². The molecule has 0 atom stereocenters. The lowest BCUT2D eigenvalue weighted by molar-refractivity contribution is 0.455. The summed E-state index contributed by atoms with van der Waals surface area (Å²) in [6.07, 6.45) is 9.78. The largest absolute Gasteiger partial charge is 0.166 e. The van der Waals surface area contributed by atoms with Crippen molar-refractivity contribution < 1.29 is 0 Å². The first-order chi connectivity index (χ1) is 13.4. The van der Waals surface area contributed by atoms with Crippen LogP contribution in [-0.4, -0.2) is 0 Å². The Morgan fingerprint density at radius 2 is 0.926 bits per heavy atom. The summed E-state index contributed by atoms with van der Waals surface area (Å²) in [5.41, 5.74) is 1.55. The molecule has 1 aliphatic rings. The summed E-state index contributed by atoms with van der Waals surface area (Å²) in [4.78, 5) is 4.20. The van der Waals surface area contributed by atoms with Crippen molar-refractivity contribution in [1.29, 1.82) is 0 Å². The monoisotopic (exact) mass is 373 g/mol. The quantitative estimate of drug-likeness (QED) is 0.413. The maximum atomic E-state index is 2.41. The lowest BCUT2D eigenvalue weighted by Gasteiger charge is -2.20. The van der Waals surface area contributed by atoms with Crippen molar-refractivity contribution >= 4 is 10.9 Å². The summed E-state index contributed by atoms with van der Waals surface area (Å²) in [6, 6.07) is 31.5. The van der Waals surface area contributed by atoms with E-state index >= 15 is 0 Å². The lowest BCUT2D eigenvalue weighted by Crippen LogP contribution is -2.06. The lowest BCUT2D eigenvalue weighted by atomic mass is 9.86. The Hall–Kier alpha value is -1.99. The number of rotatable bonds is 4. The van der Waals surface area contributed by atoms with Gasteiger partial charge in [0.15, 0.2) is 14.7 Å². The van der Waals surface area contributed by atoms with Crippen LogP contribution in [0.3, 0.4) is 0 Å². The minimum Gasteiger partial charge on any atom is -0.0619 e. The summed E-state index contributed by atoms with van der Waals surface area (Å²) in [7, 11) is -0.0340. The fourth-order valence-corrected chi connectivity index (χ4v) is 6.27. The summed E-state index contributed by atoms with van der Waals surface area (Å²) in [5.74, 6) is 0.759. The van der Waals surface area contributed by atoms with Gasteiger partial charge in [-0.2, -0.15) is 0 Å². The maximum absolute atomic E-state index is 2.41. The highest BCUT2D eigenvalue weighted by Crippen LogP contribution is 2.34. The molecule has 0 aromatic heterocycles. The second kappa shape index (κ2) is 9.28. The van der Waals surface area contributed by atoms with Gasteiger partial charge in [0.2, 0.25) is 0 Å². The Morgan fingerprint density at radius 3 is 1.44 bits per heavy atom. The van der Waals surface area contributed by atoms with Gasteiger partial charge in [-0.1, -0.05) is 80.6 Å². The van der Waals surface area contributed by atoms with Gasteiger partial charge in [0, 0.05) is 0 Å². The first-order valence-electron chi connectivity index (χ1n) is 10.4. The maximum Gasteiger partial charge on any atom is 0.166 e. The number of benzene rings is 3. The van der Waals surface area contributed by atoms with Gasteiger partial charge in [0.05, 0.1) is 10.9 Å². The van der Waals surface area contributed by atoms with Crippen LogP contribution in [0, 0.1) is 0 Å². The highest BCUT2D eigenvalue weighted by atomic mass is 32.2. The highest BCUT2D eigenvalue weighted by molar-refractivity contribution is 7.97. The average molecular weight is 374 g/mol. The van der Waals surface area contributed by atoms with Crippen LogP contribution in [0.2, 0.25) is 0 Å². The highest BCUT2D eigenvalue weighted by Gasteiger charge is 2.28. The van der Waals surface area contributed by atoms with Gasteiger partial charge in [0.1, 0.15) is 0 Å². The molecule has 0 amide bonds. The molecule has 0 heterocycles. The van der Waals surface area contributed by atoms with E-state index in [-0.39, 0.29) is 10.9 Å². The van der Waals surface area contributed by atoms with Gasteiger partial charge in [-0.15, -0.1) is 0 Å². The summed E-state index contributed by atoms with van der Waals surface area (Å²) >= 11 is 0. The smallest absolute Gasteiger partial charge is 0.0619 e. The topological polar surface area (TPSA) is 0 Å². The molecule has 0 aliphatic heterocycles. The van der Waals surface area contributed by atoms with E-state index < -0.39 is 0 Å². The average Bonchev–Trinajstić information content (AvgIpc) is 2.70. The normalized spacial score (nSPS) is 16.0. The Balaban J connectivity index is 1.63. The molecule has 0 bridgehead atoms. The third-order valence-corrected chi connectivity index (χ3v) is 7.88. The van der Waals surface area contributed by atoms with Crippen molar-refractivity contribution in [2.75, 3.05) is 0 Å². The molecule has 138 valence electrons. The van der Waals surface area contributed by atoms with E-state index in [2.05, 4.69) is 84.9 Å². The fourth-order valence-electron chi connectivity index (χ4n) is 4.19. The molecule has 1 fully saturated rings. The number of hydrogen-bond donors (Lipinski definition) is 0. The van der Waals surface area contributed by atoms with Gasteiger partial charge in [-0.05, 0) is 60.7 Å². The molecule has 0 N–H and O–H groups in total. The zero-order valence-corrected chi connectivity index (χ0v) is 16.8. The summed E-state index contributed by atoms with van der Waals surface area (Å²) in [5, 5.41) is 0. The molecule has 0 radical (unpaired) electrons. The second-order valence-electron chi connectivity index (χ2n) is 7.54. The third kappa shape index (κ3) is 4.65. The zero-order valence-electron chi connectivity index (χ0n) is 16.0. The van der Waals surface area contributed by atoms with Crippen LogP contribution in [0.4, 0.5) is 0 Å². The van der Waals surface area contributed by atoms with Gasteiger partial charge in [0.25, 0.3) is 0 Å². The van der Waals surface area contributed by atoms with Crippen molar-refractivity contribution in [2.24, 2.45) is 0 Å². The zero-order chi connectivity index (χ0) is 18.3. The van der Waals surface area contributed by atoms with E-state index in [4.69, 9.17) is 0 Å². The van der Waals surface area contributed by atoms with Crippen LogP contribution < -0.4 is 0 Å². The second-order valence-corrected chi connectivity index (χ2v) is 9.57. The van der Waals surface area contributed by atoms with E-state index in [0.29, 0.717) is 0 Å². The third-order valence-electron chi connectivity index (χ3n) is 5.65. The molecule has 27 heavy (non-hydrogen) atoms. The van der Waals surface area contributed by atoms with Gasteiger partial charge in [-0.25, -0.2) is 0 Å². The Morgan fingerprint density at radius 1 is 0.481 bits per heavy atom. The van der Waals surface area contributed by atoms with Crippen molar-refractivity contribution in [3.8, 4) is 0 Å². The van der Waals surface area contributed by atoms with E-state index in [9.17, 15) is 0 Å². The standard InChI is InChI=1S/C26H29S/c1-2-6-12-22(13-7-3-1)23-18-20-26(21-19-23)27(24-14-8-4-9-15-24)25-16-10-5-11-17-25/h4-5,8-11,14-22H,1-3,6-7,12-13H2/q+1. The SMILES string of the molecule is c1ccc([S+](c2ccccc2)c2ccc(C3CCCCCCC3)cc2)cc1. The summed E-state index contributed by atoms with van der Waals surface area (Å²) < 4.78 is 0. The summed E-state index contributed by atoms with van der Waals surface area (Å²) in [6.45, 7) is 0. The van der Waals surface area contributed by atoms with Crippen LogP contribution in [0.5, 0.6) is 0 Å². The minimum atomic E-state index is -0.0340. The van der Waals surface area contributed by atoms with Crippen molar-refractivity contribution in [3.05, 3.63) is 90.5 Å². The molecule has 3 aromatic rings. The molecule has 0 unspecified atom stereocenters. The van der Waals surface area contributed by atoms with E-state index in [1.54, 1.807) is 5.56 Å². The van der Waals surface area contributed by atoms with Gasteiger partial charge >= 0.3 is 0 Å². The molecule has 0 saturated heterocycles. The predicted octanol–water partition coefficient (Wildman–Crippen LogP) is 7.61. The van der Waals surface area contributed by atoms with Crippen LogP contribution in [0.25, 0.3) is 0 Å². The Kier molecular flexibility index (Phi) is 6.32. The Labute approximate surface area is 167 Å². The molecule has 0 spiro atoms. The van der Waals surface area contributed by atoms with Crippen molar-refractivity contribution in [2.45, 2.75) is 65.6 Å².